The van der Waals surface area contributed by atoms with Crippen molar-refractivity contribution in [2.24, 2.45) is 0 Å². The minimum absolute atomic E-state index is 0.0792. The van der Waals surface area contributed by atoms with E-state index in [1.165, 1.54) is 27.4 Å². The van der Waals surface area contributed by atoms with E-state index in [9.17, 15) is 22.8 Å². The Bertz CT molecular complexity index is 1020. The molecule has 3 rings (SSSR count). The van der Waals surface area contributed by atoms with E-state index in [0.717, 1.165) is 17.0 Å². The molecule has 1 atom stereocenters. The topological polar surface area (TPSA) is 89.1 Å². The first-order valence-corrected chi connectivity index (χ1v) is 9.48. The van der Waals surface area contributed by atoms with Gasteiger partial charge in [0.1, 0.15) is 12.6 Å². The van der Waals surface area contributed by atoms with Gasteiger partial charge < -0.3 is 24.8 Å². The summed E-state index contributed by atoms with van der Waals surface area (Å²) >= 11 is 0. The molecule has 0 bridgehead atoms. The summed E-state index contributed by atoms with van der Waals surface area (Å²) < 4.78 is 54.9. The highest BCUT2D eigenvalue weighted by molar-refractivity contribution is 6.11. The molecule has 2 N–H and O–H groups in total. The highest BCUT2D eigenvalue weighted by atomic mass is 19.4. The molecule has 32 heavy (non-hydrogen) atoms. The van der Waals surface area contributed by atoms with E-state index in [-0.39, 0.29) is 17.9 Å². The third-order valence-corrected chi connectivity index (χ3v) is 4.87. The molecule has 172 valence electrons. The van der Waals surface area contributed by atoms with Crippen LogP contribution in [0.15, 0.2) is 30.3 Å². The van der Waals surface area contributed by atoms with Gasteiger partial charge >= 0.3 is 6.18 Å². The number of fused-ring (bicyclic) bond motifs is 1. The maximum Gasteiger partial charge on any atom is 0.416 e. The zero-order chi connectivity index (χ0) is 23.6. The lowest BCUT2D eigenvalue weighted by Crippen LogP contribution is -2.48. The largest absolute Gasteiger partial charge is 0.493 e. The molecule has 8 nitrogen and oxygen atoms in total. The van der Waals surface area contributed by atoms with Crippen molar-refractivity contribution in [2.75, 3.05) is 43.4 Å². The summed E-state index contributed by atoms with van der Waals surface area (Å²) in [5, 5.41) is 5.39. The van der Waals surface area contributed by atoms with Gasteiger partial charge in [0.25, 0.3) is 0 Å². The fourth-order valence-electron chi connectivity index (χ4n) is 3.37. The number of hydrogen-bond donors (Lipinski definition) is 2. The zero-order valence-corrected chi connectivity index (χ0v) is 17.8. The number of rotatable bonds is 6. The Morgan fingerprint density at radius 2 is 1.72 bits per heavy atom. The number of benzene rings is 2. The number of halogens is 3. The predicted octanol–water partition coefficient (Wildman–Crippen LogP) is 3.52. The van der Waals surface area contributed by atoms with Gasteiger partial charge in [0, 0.05) is 17.8 Å². The van der Waals surface area contributed by atoms with Crippen molar-refractivity contribution in [1.29, 1.82) is 0 Å². The van der Waals surface area contributed by atoms with Gasteiger partial charge in [-0.25, -0.2) is 0 Å². The number of alkyl halides is 3. The average Bonchev–Trinajstić information content (AvgIpc) is 2.75. The molecule has 1 heterocycles. The van der Waals surface area contributed by atoms with Crippen molar-refractivity contribution < 1.29 is 37.0 Å². The number of anilines is 3. The first-order chi connectivity index (χ1) is 15.1. The van der Waals surface area contributed by atoms with Crippen molar-refractivity contribution in [3.8, 4) is 17.2 Å². The summed E-state index contributed by atoms with van der Waals surface area (Å²) in [5.74, 6) is 0.0224. The molecule has 2 amide bonds. The zero-order valence-electron chi connectivity index (χ0n) is 17.8. The fourth-order valence-corrected chi connectivity index (χ4v) is 3.37. The third kappa shape index (κ3) is 4.51. The number of carbonyl (C=O) groups is 2. The molecule has 1 aliphatic heterocycles. The Balaban J connectivity index is 1.88. The van der Waals surface area contributed by atoms with Gasteiger partial charge in [0.05, 0.1) is 38.3 Å². The first kappa shape index (κ1) is 23.0. The van der Waals surface area contributed by atoms with Gasteiger partial charge in [0.2, 0.25) is 17.6 Å². The van der Waals surface area contributed by atoms with Crippen LogP contribution in [0.2, 0.25) is 0 Å². The summed E-state index contributed by atoms with van der Waals surface area (Å²) in [6, 6.07) is 5.23. The van der Waals surface area contributed by atoms with Crippen LogP contribution in [0.4, 0.5) is 30.2 Å². The lowest BCUT2D eigenvalue weighted by molar-refractivity contribution is -0.137. The summed E-state index contributed by atoms with van der Waals surface area (Å²) in [4.78, 5) is 26.3. The summed E-state index contributed by atoms with van der Waals surface area (Å²) in [6.45, 7) is 1.25. The van der Waals surface area contributed by atoms with Crippen molar-refractivity contribution in [2.45, 2.75) is 19.1 Å². The van der Waals surface area contributed by atoms with Gasteiger partial charge in [-0.05, 0) is 25.1 Å². The molecule has 0 aliphatic carbocycles. The van der Waals surface area contributed by atoms with Crippen LogP contribution in [0, 0.1) is 0 Å². The molecule has 11 heteroatoms. The lowest BCUT2D eigenvalue weighted by atomic mass is 10.1. The minimum atomic E-state index is -4.58. The van der Waals surface area contributed by atoms with Crippen LogP contribution in [0.3, 0.4) is 0 Å². The number of ether oxygens (including phenoxy) is 3. The number of nitrogens with zero attached hydrogens (tertiary/aromatic N) is 1. The SMILES string of the molecule is COc1cc(N[C@H](C)C(=O)N2CC(=O)Nc3cc(C(F)(F)F)ccc32)cc(OC)c1OC. The van der Waals surface area contributed by atoms with Gasteiger partial charge in [-0.3, -0.25) is 14.5 Å². The standard InChI is InChI=1S/C21H22F3N3O5/c1-11(25-13-8-16(30-2)19(32-4)17(9-13)31-3)20(29)27-10-18(28)26-14-7-12(21(22,23)24)5-6-15(14)27/h5-9,11,25H,10H2,1-4H3,(H,26,28)/t11-/m1/s1. The second-order valence-corrected chi connectivity index (χ2v) is 6.98. The van der Waals surface area contributed by atoms with Crippen LogP contribution in [-0.2, 0) is 15.8 Å². The predicted molar refractivity (Wildman–Crippen MR) is 112 cm³/mol. The van der Waals surface area contributed by atoms with Crippen molar-refractivity contribution in [1.82, 2.24) is 0 Å². The summed E-state index contributed by atoms with van der Waals surface area (Å²) in [5.41, 5.74) is -0.338. The van der Waals surface area contributed by atoms with Crippen LogP contribution in [0.25, 0.3) is 0 Å². The molecule has 0 radical (unpaired) electrons. The lowest BCUT2D eigenvalue weighted by Gasteiger charge is -2.32. The van der Waals surface area contributed by atoms with Crippen LogP contribution in [0.1, 0.15) is 12.5 Å². The second kappa shape index (κ2) is 8.85. The smallest absolute Gasteiger partial charge is 0.416 e. The highest BCUT2D eigenvalue weighted by Gasteiger charge is 2.35. The Labute approximate surface area is 182 Å². The highest BCUT2D eigenvalue weighted by Crippen LogP contribution is 2.40. The molecular weight excluding hydrogens is 431 g/mol. The number of methoxy groups -OCH3 is 3. The molecule has 0 saturated carbocycles. The van der Waals surface area contributed by atoms with Gasteiger partial charge in [-0.1, -0.05) is 0 Å². The minimum Gasteiger partial charge on any atom is -0.493 e. The Hall–Kier alpha value is -3.63. The van der Waals surface area contributed by atoms with Crippen molar-refractivity contribution in [3.63, 3.8) is 0 Å². The number of hydrogen-bond acceptors (Lipinski definition) is 6. The van der Waals surface area contributed by atoms with E-state index in [1.807, 2.05) is 0 Å². The van der Waals surface area contributed by atoms with Crippen LogP contribution in [-0.4, -0.2) is 45.7 Å². The van der Waals surface area contributed by atoms with Gasteiger partial charge in [0.15, 0.2) is 11.5 Å². The van der Waals surface area contributed by atoms with E-state index < -0.39 is 29.6 Å². The molecule has 0 saturated heterocycles. The molecule has 2 aromatic rings. The summed E-state index contributed by atoms with van der Waals surface area (Å²) in [6.07, 6.45) is -4.58. The van der Waals surface area contributed by atoms with Gasteiger partial charge in [-0.15, -0.1) is 0 Å². The third-order valence-electron chi connectivity index (χ3n) is 4.87. The van der Waals surface area contributed by atoms with E-state index in [2.05, 4.69) is 10.6 Å². The quantitative estimate of drug-likeness (QED) is 0.696. The molecule has 2 aromatic carbocycles. The molecule has 1 aliphatic rings. The Kier molecular flexibility index (Phi) is 6.37. The maximum atomic E-state index is 13.1. The second-order valence-electron chi connectivity index (χ2n) is 6.98. The van der Waals surface area contributed by atoms with E-state index >= 15 is 0 Å². The Morgan fingerprint density at radius 1 is 1.09 bits per heavy atom. The van der Waals surface area contributed by atoms with Gasteiger partial charge in [-0.2, -0.15) is 13.2 Å². The normalized spacial score (nSPS) is 14.2. The monoisotopic (exact) mass is 453 g/mol. The van der Waals surface area contributed by atoms with Crippen LogP contribution >= 0.6 is 0 Å². The Morgan fingerprint density at radius 3 is 2.25 bits per heavy atom. The molecule has 0 spiro atoms. The fraction of sp³-hybridized carbons (Fsp3) is 0.333. The molecule has 0 fully saturated rings. The van der Waals surface area contributed by atoms with Crippen molar-refractivity contribution in [3.05, 3.63) is 35.9 Å². The average molecular weight is 453 g/mol. The number of nitrogens with one attached hydrogen (secondary N) is 2. The van der Waals surface area contributed by atoms with E-state index in [4.69, 9.17) is 14.2 Å². The van der Waals surface area contributed by atoms with Crippen LogP contribution < -0.4 is 29.7 Å². The van der Waals surface area contributed by atoms with E-state index in [1.54, 1.807) is 19.1 Å². The molecular formula is C21H22F3N3O5. The maximum absolute atomic E-state index is 13.1. The summed E-state index contributed by atoms with van der Waals surface area (Å²) in [7, 11) is 4.37. The number of amides is 2. The van der Waals surface area contributed by atoms with Crippen LogP contribution in [0.5, 0.6) is 17.2 Å². The first-order valence-electron chi connectivity index (χ1n) is 9.48. The molecule has 0 unspecified atom stereocenters. The number of carbonyl (C=O) groups excluding carboxylic acids is 2. The van der Waals surface area contributed by atoms with Crippen molar-refractivity contribution >= 4 is 28.9 Å². The van der Waals surface area contributed by atoms with E-state index in [0.29, 0.717) is 22.9 Å². The molecule has 0 aromatic heterocycles.